The van der Waals surface area contributed by atoms with Crippen LogP contribution in [0.25, 0.3) is 11.3 Å². The Morgan fingerprint density at radius 2 is 1.84 bits per heavy atom. The van der Waals surface area contributed by atoms with Crippen molar-refractivity contribution in [1.82, 2.24) is 9.88 Å². The maximum Gasteiger partial charge on any atom is 0.224 e. The zero-order valence-corrected chi connectivity index (χ0v) is 17.7. The van der Waals surface area contributed by atoms with Crippen molar-refractivity contribution in [3.8, 4) is 17.1 Å². The van der Waals surface area contributed by atoms with Crippen LogP contribution in [0.5, 0.6) is 5.75 Å². The van der Waals surface area contributed by atoms with Gasteiger partial charge in [-0.05, 0) is 29.8 Å². The smallest absolute Gasteiger partial charge is 0.224 e. The molecule has 0 saturated carbocycles. The van der Waals surface area contributed by atoms with Gasteiger partial charge in [0.1, 0.15) is 5.75 Å². The molecule has 2 aromatic carbocycles. The second-order valence-corrected chi connectivity index (χ2v) is 7.55. The van der Waals surface area contributed by atoms with Crippen molar-refractivity contribution >= 4 is 11.6 Å². The quantitative estimate of drug-likeness (QED) is 0.548. The molecule has 6 nitrogen and oxygen atoms in total. The van der Waals surface area contributed by atoms with Gasteiger partial charge >= 0.3 is 0 Å². The van der Waals surface area contributed by atoms with Crippen LogP contribution in [0, 0.1) is 24.4 Å². The molecule has 9 heteroatoms. The molecule has 0 aliphatic carbocycles. The van der Waals surface area contributed by atoms with E-state index in [1.165, 1.54) is 4.90 Å². The Morgan fingerprint density at radius 1 is 1.09 bits per heavy atom. The van der Waals surface area contributed by atoms with E-state index in [0.29, 0.717) is 37.0 Å². The van der Waals surface area contributed by atoms with Crippen LogP contribution >= 0.6 is 0 Å². The molecule has 3 aromatic rings. The molecule has 32 heavy (non-hydrogen) atoms. The van der Waals surface area contributed by atoms with Crippen molar-refractivity contribution in [2.75, 3.05) is 31.6 Å². The highest BCUT2D eigenvalue weighted by Crippen LogP contribution is 2.34. The number of aryl methyl sites for hydroxylation is 1. The van der Waals surface area contributed by atoms with E-state index in [9.17, 15) is 18.0 Å². The van der Waals surface area contributed by atoms with Crippen molar-refractivity contribution in [1.29, 1.82) is 0 Å². The molecule has 1 aliphatic rings. The molecule has 2 heterocycles. The number of hydrogen-bond donors (Lipinski definition) is 0. The second kappa shape index (κ2) is 8.94. The van der Waals surface area contributed by atoms with Crippen molar-refractivity contribution < 1.29 is 27.1 Å². The number of methoxy groups -OCH3 is 1. The van der Waals surface area contributed by atoms with E-state index in [2.05, 4.69) is 4.98 Å². The molecule has 1 saturated heterocycles. The van der Waals surface area contributed by atoms with Crippen molar-refractivity contribution in [3.05, 3.63) is 65.4 Å². The molecule has 0 unspecified atom stereocenters. The van der Waals surface area contributed by atoms with Gasteiger partial charge < -0.3 is 19.0 Å². The Bertz CT molecular complexity index is 1130. The van der Waals surface area contributed by atoms with Crippen molar-refractivity contribution in [2.24, 2.45) is 0 Å². The molecule has 0 bridgehead atoms. The minimum atomic E-state index is -1.51. The summed E-state index contributed by atoms with van der Waals surface area (Å²) in [5.74, 6) is -2.42. The van der Waals surface area contributed by atoms with E-state index >= 15 is 0 Å². The highest BCUT2D eigenvalue weighted by molar-refractivity contribution is 5.78. The van der Waals surface area contributed by atoms with Gasteiger partial charge in [-0.25, -0.2) is 18.2 Å². The standard InChI is InChI=1S/C23H22F3N3O3/c1-14-27-12-21(32-14)17-4-3-16(11-20(17)31-2)28-6-5-22(30)29(8-7-28)13-15-9-18(24)23(26)19(25)10-15/h3-4,9-12H,5-8,13H2,1-2H3. The van der Waals surface area contributed by atoms with Crippen LogP contribution in [-0.4, -0.2) is 42.5 Å². The normalized spacial score (nSPS) is 14.6. The molecule has 1 amide bonds. The molecule has 0 radical (unpaired) electrons. The Hall–Kier alpha value is -3.49. The van der Waals surface area contributed by atoms with Crippen molar-refractivity contribution in [2.45, 2.75) is 19.9 Å². The lowest BCUT2D eigenvalue weighted by Crippen LogP contribution is -2.33. The number of ether oxygens (including phenoxy) is 1. The van der Waals surface area contributed by atoms with Gasteiger partial charge in [0.25, 0.3) is 0 Å². The summed E-state index contributed by atoms with van der Waals surface area (Å²) in [5, 5.41) is 0. The number of oxazole rings is 1. The molecule has 0 spiro atoms. The van der Waals surface area contributed by atoms with Crippen molar-refractivity contribution in [3.63, 3.8) is 0 Å². The summed E-state index contributed by atoms with van der Waals surface area (Å²) in [4.78, 5) is 20.3. The van der Waals surface area contributed by atoms with E-state index in [1.807, 2.05) is 23.1 Å². The average Bonchev–Trinajstić information content (AvgIpc) is 3.13. The van der Waals surface area contributed by atoms with Gasteiger partial charge in [0.05, 0.1) is 18.9 Å². The highest BCUT2D eigenvalue weighted by atomic mass is 19.2. The average molecular weight is 445 g/mol. The zero-order chi connectivity index (χ0) is 22.8. The molecule has 1 aliphatic heterocycles. The third-order valence-electron chi connectivity index (χ3n) is 5.44. The number of benzene rings is 2. The lowest BCUT2D eigenvalue weighted by molar-refractivity contribution is -0.130. The van der Waals surface area contributed by atoms with Gasteiger partial charge in [0.15, 0.2) is 29.1 Å². The fourth-order valence-electron chi connectivity index (χ4n) is 3.78. The molecular formula is C23H22F3N3O3. The van der Waals surface area contributed by atoms with E-state index in [4.69, 9.17) is 9.15 Å². The summed E-state index contributed by atoms with van der Waals surface area (Å²) in [5.41, 5.74) is 1.84. The van der Waals surface area contributed by atoms with Gasteiger partial charge in [0.2, 0.25) is 5.91 Å². The zero-order valence-electron chi connectivity index (χ0n) is 17.7. The topological polar surface area (TPSA) is 58.8 Å². The lowest BCUT2D eigenvalue weighted by Gasteiger charge is -2.24. The first kappa shape index (κ1) is 21.7. The minimum absolute atomic E-state index is 0.00783. The molecule has 1 aromatic heterocycles. The first-order valence-electron chi connectivity index (χ1n) is 10.1. The predicted octanol–water partition coefficient (Wildman–Crippen LogP) is 4.31. The number of nitrogens with zero attached hydrogens (tertiary/aromatic N) is 3. The SMILES string of the molecule is COc1cc(N2CCC(=O)N(Cc3cc(F)c(F)c(F)c3)CC2)ccc1-c1cnc(C)o1. The first-order valence-corrected chi connectivity index (χ1v) is 10.1. The van der Waals surface area contributed by atoms with Gasteiger partial charge in [-0.15, -0.1) is 0 Å². The number of carbonyl (C=O) groups excluding carboxylic acids is 1. The lowest BCUT2D eigenvalue weighted by atomic mass is 10.1. The minimum Gasteiger partial charge on any atom is -0.496 e. The number of anilines is 1. The van der Waals surface area contributed by atoms with E-state index < -0.39 is 17.5 Å². The van der Waals surface area contributed by atoms with Gasteiger partial charge in [-0.3, -0.25) is 4.79 Å². The summed E-state index contributed by atoms with van der Waals surface area (Å²) < 4.78 is 51.4. The van der Waals surface area contributed by atoms with Crippen LogP contribution < -0.4 is 9.64 Å². The summed E-state index contributed by atoms with van der Waals surface area (Å²) in [7, 11) is 1.57. The van der Waals surface area contributed by atoms with Crippen LogP contribution in [0.1, 0.15) is 17.9 Å². The van der Waals surface area contributed by atoms with Crippen LogP contribution in [-0.2, 0) is 11.3 Å². The molecule has 4 rings (SSSR count). The van der Waals surface area contributed by atoms with Crippen LogP contribution in [0.15, 0.2) is 40.9 Å². The Balaban J connectivity index is 1.50. The van der Waals surface area contributed by atoms with E-state index in [1.54, 1.807) is 20.2 Å². The number of aromatic nitrogens is 1. The Kier molecular flexibility index (Phi) is 6.07. The maximum absolute atomic E-state index is 13.5. The molecule has 168 valence electrons. The highest BCUT2D eigenvalue weighted by Gasteiger charge is 2.23. The van der Waals surface area contributed by atoms with Crippen LogP contribution in [0.4, 0.5) is 18.9 Å². The van der Waals surface area contributed by atoms with E-state index in [-0.39, 0.29) is 24.4 Å². The number of rotatable bonds is 5. The molecule has 0 N–H and O–H groups in total. The first-order chi connectivity index (χ1) is 15.4. The van der Waals surface area contributed by atoms with Gasteiger partial charge in [-0.1, -0.05) is 0 Å². The summed E-state index contributed by atoms with van der Waals surface area (Å²) in [6.45, 7) is 3.12. The number of amides is 1. The van der Waals surface area contributed by atoms with Crippen LogP contribution in [0.2, 0.25) is 0 Å². The van der Waals surface area contributed by atoms with Gasteiger partial charge in [0, 0.05) is 51.3 Å². The largest absolute Gasteiger partial charge is 0.496 e. The Labute approximate surface area is 183 Å². The molecule has 1 fully saturated rings. The third kappa shape index (κ3) is 4.42. The fraction of sp³-hybridized carbons (Fsp3) is 0.304. The number of hydrogen-bond acceptors (Lipinski definition) is 5. The summed E-state index contributed by atoms with van der Waals surface area (Å²) in [6.07, 6.45) is 1.87. The Morgan fingerprint density at radius 3 is 2.50 bits per heavy atom. The van der Waals surface area contributed by atoms with Crippen LogP contribution in [0.3, 0.4) is 0 Å². The second-order valence-electron chi connectivity index (χ2n) is 7.55. The number of halogens is 3. The molecule has 0 atom stereocenters. The monoisotopic (exact) mass is 445 g/mol. The maximum atomic E-state index is 13.5. The summed E-state index contributed by atoms with van der Waals surface area (Å²) in [6, 6.07) is 7.51. The number of carbonyl (C=O) groups is 1. The third-order valence-corrected chi connectivity index (χ3v) is 5.44. The van der Waals surface area contributed by atoms with Gasteiger partial charge in [-0.2, -0.15) is 0 Å². The van der Waals surface area contributed by atoms with E-state index in [0.717, 1.165) is 23.4 Å². The fourth-order valence-corrected chi connectivity index (χ4v) is 3.78. The molecular weight excluding hydrogens is 423 g/mol. The predicted molar refractivity (Wildman–Crippen MR) is 112 cm³/mol. The summed E-state index contributed by atoms with van der Waals surface area (Å²) >= 11 is 0.